The second kappa shape index (κ2) is 11.9. The minimum absolute atomic E-state index is 0.129. The Labute approximate surface area is 135 Å². The molecule has 0 saturated carbocycles. The zero-order chi connectivity index (χ0) is 16.2. The standard InChI is InChI=1S/C18H35NO3/c1-2-3-4-8-11-15(20)14-17-16(19-17)12-9-6-5-7-10-13-18(21)22/h15-17,19-20H,2-14H2,1H3,(H,21,22). The molecule has 4 heteroatoms. The van der Waals surface area contributed by atoms with E-state index in [-0.39, 0.29) is 6.10 Å². The van der Waals surface area contributed by atoms with Crippen molar-refractivity contribution in [2.75, 3.05) is 0 Å². The van der Waals surface area contributed by atoms with E-state index in [9.17, 15) is 9.90 Å². The van der Waals surface area contributed by atoms with Crippen LogP contribution in [0.5, 0.6) is 0 Å². The van der Waals surface area contributed by atoms with Gasteiger partial charge in [0.2, 0.25) is 0 Å². The van der Waals surface area contributed by atoms with Crippen LogP contribution in [-0.2, 0) is 4.79 Å². The van der Waals surface area contributed by atoms with Gasteiger partial charge in [0.05, 0.1) is 6.10 Å². The van der Waals surface area contributed by atoms with Gasteiger partial charge in [-0.1, -0.05) is 58.3 Å². The summed E-state index contributed by atoms with van der Waals surface area (Å²) in [4.78, 5) is 10.4. The molecule has 0 bridgehead atoms. The number of hydrogen-bond donors (Lipinski definition) is 3. The van der Waals surface area contributed by atoms with E-state index in [4.69, 9.17) is 5.11 Å². The molecular weight excluding hydrogens is 278 g/mol. The fraction of sp³-hybridized carbons (Fsp3) is 0.944. The predicted octanol–water partition coefficient (Wildman–Crippen LogP) is 3.86. The molecule has 3 atom stereocenters. The number of aliphatic carboxylic acids is 1. The van der Waals surface area contributed by atoms with Crippen molar-refractivity contribution in [2.24, 2.45) is 0 Å². The smallest absolute Gasteiger partial charge is 0.303 e. The molecule has 130 valence electrons. The van der Waals surface area contributed by atoms with Crippen LogP contribution in [0.1, 0.15) is 90.4 Å². The minimum atomic E-state index is -0.682. The van der Waals surface area contributed by atoms with Gasteiger partial charge in [-0.3, -0.25) is 4.79 Å². The maximum atomic E-state index is 10.4. The molecule has 0 aromatic carbocycles. The normalized spacial score (nSPS) is 21.7. The Kier molecular flexibility index (Phi) is 10.5. The number of carboxylic acid groups (broad SMARTS) is 1. The van der Waals surface area contributed by atoms with Crippen LogP contribution in [0.4, 0.5) is 0 Å². The fourth-order valence-electron chi connectivity index (χ4n) is 3.12. The van der Waals surface area contributed by atoms with Crippen LogP contribution in [0.3, 0.4) is 0 Å². The Balaban J connectivity index is 1.86. The van der Waals surface area contributed by atoms with Crippen molar-refractivity contribution in [1.82, 2.24) is 5.32 Å². The van der Waals surface area contributed by atoms with E-state index in [2.05, 4.69) is 12.2 Å². The first-order chi connectivity index (χ1) is 10.6. The largest absolute Gasteiger partial charge is 0.481 e. The third-order valence-electron chi connectivity index (χ3n) is 4.63. The second-order valence-corrected chi connectivity index (χ2v) is 6.82. The highest BCUT2D eigenvalue weighted by molar-refractivity contribution is 5.66. The third-order valence-corrected chi connectivity index (χ3v) is 4.63. The molecule has 0 amide bonds. The highest BCUT2D eigenvalue weighted by Crippen LogP contribution is 2.24. The van der Waals surface area contributed by atoms with E-state index in [0.717, 1.165) is 38.5 Å². The van der Waals surface area contributed by atoms with Gasteiger partial charge in [-0.05, 0) is 25.7 Å². The van der Waals surface area contributed by atoms with Gasteiger partial charge in [0.15, 0.2) is 0 Å². The van der Waals surface area contributed by atoms with E-state index in [1.807, 2.05) is 0 Å². The average molecular weight is 313 g/mol. The van der Waals surface area contributed by atoms with E-state index in [0.29, 0.717) is 18.5 Å². The Hall–Kier alpha value is -0.610. The Bertz CT molecular complexity index is 296. The van der Waals surface area contributed by atoms with Gasteiger partial charge in [-0.2, -0.15) is 0 Å². The molecule has 0 radical (unpaired) electrons. The van der Waals surface area contributed by atoms with Gasteiger partial charge in [0, 0.05) is 18.5 Å². The monoisotopic (exact) mass is 313 g/mol. The molecule has 1 saturated heterocycles. The van der Waals surface area contributed by atoms with Gasteiger partial charge in [0.1, 0.15) is 0 Å². The van der Waals surface area contributed by atoms with Crippen molar-refractivity contribution in [2.45, 2.75) is 109 Å². The van der Waals surface area contributed by atoms with Crippen LogP contribution in [0.2, 0.25) is 0 Å². The summed E-state index contributed by atoms with van der Waals surface area (Å²) in [7, 11) is 0. The van der Waals surface area contributed by atoms with E-state index in [1.165, 1.54) is 38.5 Å². The average Bonchev–Trinajstić information content (AvgIpc) is 3.20. The highest BCUT2D eigenvalue weighted by Gasteiger charge is 2.36. The third kappa shape index (κ3) is 10.2. The molecule has 3 N–H and O–H groups in total. The Morgan fingerprint density at radius 1 is 1.00 bits per heavy atom. The molecule has 1 aliphatic heterocycles. The lowest BCUT2D eigenvalue weighted by Crippen LogP contribution is -2.11. The fourth-order valence-corrected chi connectivity index (χ4v) is 3.12. The molecule has 0 aliphatic carbocycles. The lowest BCUT2D eigenvalue weighted by atomic mass is 10.0. The van der Waals surface area contributed by atoms with Crippen LogP contribution in [0, 0.1) is 0 Å². The zero-order valence-corrected chi connectivity index (χ0v) is 14.2. The summed E-state index contributed by atoms with van der Waals surface area (Å²) in [5.74, 6) is -0.682. The number of hydrogen-bond acceptors (Lipinski definition) is 3. The first kappa shape index (κ1) is 19.4. The Morgan fingerprint density at radius 3 is 2.41 bits per heavy atom. The van der Waals surface area contributed by atoms with E-state index >= 15 is 0 Å². The number of carbonyl (C=O) groups is 1. The first-order valence-electron chi connectivity index (χ1n) is 9.29. The van der Waals surface area contributed by atoms with Crippen LogP contribution in [0.15, 0.2) is 0 Å². The first-order valence-corrected chi connectivity index (χ1v) is 9.29. The van der Waals surface area contributed by atoms with Crippen molar-refractivity contribution in [3.8, 4) is 0 Å². The quantitative estimate of drug-likeness (QED) is 0.317. The van der Waals surface area contributed by atoms with Crippen LogP contribution >= 0.6 is 0 Å². The van der Waals surface area contributed by atoms with E-state index in [1.54, 1.807) is 0 Å². The number of nitrogens with one attached hydrogen (secondary N) is 1. The van der Waals surface area contributed by atoms with Crippen molar-refractivity contribution in [3.05, 3.63) is 0 Å². The van der Waals surface area contributed by atoms with Gasteiger partial charge >= 0.3 is 5.97 Å². The number of aliphatic hydroxyl groups is 1. The second-order valence-electron chi connectivity index (χ2n) is 6.82. The van der Waals surface area contributed by atoms with Crippen LogP contribution in [-0.4, -0.2) is 34.4 Å². The molecule has 1 fully saturated rings. The van der Waals surface area contributed by atoms with Gasteiger partial charge in [-0.25, -0.2) is 0 Å². The SMILES string of the molecule is CCCCCCC(O)CC1NC1CCCCCCCC(=O)O. The van der Waals surface area contributed by atoms with Crippen molar-refractivity contribution in [3.63, 3.8) is 0 Å². The molecule has 3 unspecified atom stereocenters. The van der Waals surface area contributed by atoms with Gasteiger partial charge in [-0.15, -0.1) is 0 Å². The maximum Gasteiger partial charge on any atom is 0.303 e. The number of carboxylic acids is 1. The molecule has 0 aromatic heterocycles. The summed E-state index contributed by atoms with van der Waals surface area (Å²) in [5, 5.41) is 22.0. The van der Waals surface area contributed by atoms with Gasteiger partial charge < -0.3 is 15.5 Å². The van der Waals surface area contributed by atoms with Gasteiger partial charge in [0.25, 0.3) is 0 Å². The van der Waals surface area contributed by atoms with Crippen LogP contribution in [0.25, 0.3) is 0 Å². The summed E-state index contributed by atoms with van der Waals surface area (Å²) < 4.78 is 0. The summed E-state index contributed by atoms with van der Waals surface area (Å²) in [6, 6.07) is 1.15. The zero-order valence-electron chi connectivity index (χ0n) is 14.2. The molecule has 0 aromatic rings. The summed E-state index contributed by atoms with van der Waals surface area (Å²) in [6.45, 7) is 2.21. The molecule has 4 nitrogen and oxygen atoms in total. The minimum Gasteiger partial charge on any atom is -0.481 e. The predicted molar refractivity (Wildman–Crippen MR) is 90.0 cm³/mol. The summed E-state index contributed by atoms with van der Waals surface area (Å²) in [6.07, 6.45) is 13.6. The van der Waals surface area contributed by atoms with Crippen molar-refractivity contribution in [1.29, 1.82) is 0 Å². The Morgan fingerprint density at radius 2 is 1.68 bits per heavy atom. The topological polar surface area (TPSA) is 79.5 Å². The van der Waals surface area contributed by atoms with E-state index < -0.39 is 5.97 Å². The van der Waals surface area contributed by atoms with Crippen LogP contribution < -0.4 is 5.32 Å². The number of unbranched alkanes of at least 4 members (excludes halogenated alkanes) is 7. The highest BCUT2D eigenvalue weighted by atomic mass is 16.4. The number of rotatable bonds is 15. The summed E-state index contributed by atoms with van der Waals surface area (Å²) >= 11 is 0. The number of aliphatic hydroxyl groups excluding tert-OH is 1. The molecule has 1 heterocycles. The molecule has 1 rings (SSSR count). The molecular formula is C18H35NO3. The van der Waals surface area contributed by atoms with Crippen molar-refractivity contribution >= 4 is 5.97 Å². The summed E-state index contributed by atoms with van der Waals surface area (Å²) in [5.41, 5.74) is 0. The van der Waals surface area contributed by atoms with Crippen molar-refractivity contribution < 1.29 is 15.0 Å². The molecule has 22 heavy (non-hydrogen) atoms. The maximum absolute atomic E-state index is 10.4. The molecule has 1 aliphatic rings. The lowest BCUT2D eigenvalue weighted by Gasteiger charge is -2.09. The molecule has 0 spiro atoms. The lowest BCUT2D eigenvalue weighted by molar-refractivity contribution is -0.137.